The highest BCUT2D eigenvalue weighted by Crippen LogP contribution is 2.34. The van der Waals surface area contributed by atoms with E-state index in [1.165, 1.54) is 43.5 Å². The molecule has 0 bridgehead atoms. The smallest absolute Gasteiger partial charge is 0.201 e. The maximum absolute atomic E-state index is 12.7. The van der Waals surface area contributed by atoms with Crippen LogP contribution in [-0.4, -0.2) is 31.1 Å². The number of phenols is 2. The molecule has 0 amide bonds. The van der Waals surface area contributed by atoms with Gasteiger partial charge in [0.1, 0.15) is 13.6 Å². The highest BCUT2D eigenvalue weighted by atomic mass is 16.4. The summed E-state index contributed by atoms with van der Waals surface area (Å²) in [7, 11) is 1.72. The van der Waals surface area contributed by atoms with E-state index in [1.54, 1.807) is 7.85 Å². The predicted octanol–water partition coefficient (Wildman–Crippen LogP) is 3.15. The van der Waals surface area contributed by atoms with E-state index in [0.29, 0.717) is 11.2 Å². The highest BCUT2D eigenvalue weighted by Gasteiger charge is 2.20. The van der Waals surface area contributed by atoms with E-state index in [-0.39, 0.29) is 22.1 Å². The number of fused-ring (bicyclic) bond motifs is 1. The van der Waals surface area contributed by atoms with Crippen molar-refractivity contribution in [3.63, 3.8) is 0 Å². The molecule has 1 saturated heterocycles. The third-order valence-electron chi connectivity index (χ3n) is 6.05. The van der Waals surface area contributed by atoms with Crippen molar-refractivity contribution < 1.29 is 14.6 Å². The maximum atomic E-state index is 12.7. The quantitative estimate of drug-likeness (QED) is 0.528. The maximum Gasteiger partial charge on any atom is 0.201 e. The number of rotatable bonds is 4. The molecule has 5 nitrogen and oxygen atoms in total. The van der Waals surface area contributed by atoms with Crippen LogP contribution in [0.1, 0.15) is 32.6 Å². The SMILES string of the molecule is Bc1c(-c2ccc(N3CCC(CCC)CC3)cc2)oc2c(O)c(O)ccc2c1=O. The topological polar surface area (TPSA) is 73.9 Å². The third kappa shape index (κ3) is 3.59. The van der Waals surface area contributed by atoms with Crippen LogP contribution in [0, 0.1) is 5.92 Å². The van der Waals surface area contributed by atoms with Crippen LogP contribution in [0.5, 0.6) is 11.5 Å². The van der Waals surface area contributed by atoms with E-state index in [4.69, 9.17) is 4.42 Å². The fraction of sp³-hybridized carbons (Fsp3) is 0.348. The van der Waals surface area contributed by atoms with Crippen molar-refractivity contribution >= 4 is 30.0 Å². The number of anilines is 1. The second-order valence-corrected chi connectivity index (χ2v) is 7.96. The monoisotopic (exact) mass is 391 g/mol. The molecule has 0 unspecified atom stereocenters. The van der Waals surface area contributed by atoms with E-state index >= 15 is 0 Å². The van der Waals surface area contributed by atoms with Crippen LogP contribution in [0.4, 0.5) is 5.69 Å². The average Bonchev–Trinajstić information content (AvgIpc) is 2.74. The number of hydrogen-bond donors (Lipinski definition) is 2. The number of phenolic OH excluding ortho intramolecular Hbond substituents is 2. The first-order valence-electron chi connectivity index (χ1n) is 10.3. The molecule has 1 aliphatic heterocycles. The van der Waals surface area contributed by atoms with Crippen molar-refractivity contribution in [2.24, 2.45) is 5.92 Å². The lowest BCUT2D eigenvalue weighted by molar-refractivity contribution is 0.378. The van der Waals surface area contributed by atoms with Crippen LogP contribution in [0.2, 0.25) is 0 Å². The summed E-state index contributed by atoms with van der Waals surface area (Å²) in [5, 5.41) is 20.1. The van der Waals surface area contributed by atoms with Gasteiger partial charge in [0.15, 0.2) is 16.8 Å². The summed E-state index contributed by atoms with van der Waals surface area (Å²) in [5.74, 6) is 0.537. The molecule has 2 aromatic carbocycles. The summed E-state index contributed by atoms with van der Waals surface area (Å²) in [6.45, 7) is 4.39. The normalized spacial score (nSPS) is 15.1. The zero-order chi connectivity index (χ0) is 20.5. The summed E-state index contributed by atoms with van der Waals surface area (Å²) < 4.78 is 5.87. The van der Waals surface area contributed by atoms with Crippen molar-refractivity contribution in [1.29, 1.82) is 0 Å². The summed E-state index contributed by atoms with van der Waals surface area (Å²) in [5.41, 5.74) is 2.23. The summed E-state index contributed by atoms with van der Waals surface area (Å²) in [4.78, 5) is 15.1. The van der Waals surface area contributed by atoms with E-state index in [2.05, 4.69) is 24.0 Å². The van der Waals surface area contributed by atoms with Gasteiger partial charge in [0.2, 0.25) is 5.75 Å². The molecular weight excluding hydrogens is 365 g/mol. The molecule has 0 spiro atoms. The van der Waals surface area contributed by atoms with Gasteiger partial charge in [0.05, 0.1) is 5.39 Å². The first kappa shape index (κ1) is 19.4. The zero-order valence-electron chi connectivity index (χ0n) is 16.9. The molecule has 2 N–H and O–H groups in total. The van der Waals surface area contributed by atoms with Gasteiger partial charge < -0.3 is 19.5 Å². The molecule has 3 aromatic rings. The van der Waals surface area contributed by atoms with Gasteiger partial charge in [0, 0.05) is 29.8 Å². The number of nitrogens with zero attached hydrogens (tertiary/aromatic N) is 1. The Bertz CT molecular complexity index is 1080. The van der Waals surface area contributed by atoms with Crippen molar-refractivity contribution in [2.75, 3.05) is 18.0 Å². The van der Waals surface area contributed by atoms with Crippen molar-refractivity contribution in [3.05, 3.63) is 46.6 Å². The Kier molecular flexibility index (Phi) is 5.26. The summed E-state index contributed by atoms with van der Waals surface area (Å²) in [6.07, 6.45) is 5.03. The molecular formula is C23H26BNO4. The van der Waals surface area contributed by atoms with Crippen molar-refractivity contribution in [3.8, 4) is 22.8 Å². The Morgan fingerprint density at radius 2 is 1.79 bits per heavy atom. The highest BCUT2D eigenvalue weighted by molar-refractivity contribution is 6.36. The van der Waals surface area contributed by atoms with Crippen LogP contribution in [0.25, 0.3) is 22.3 Å². The molecule has 0 atom stereocenters. The Balaban J connectivity index is 1.64. The predicted molar refractivity (Wildman–Crippen MR) is 119 cm³/mol. The van der Waals surface area contributed by atoms with Gasteiger partial charge in [-0.1, -0.05) is 19.8 Å². The lowest BCUT2D eigenvalue weighted by Crippen LogP contribution is -2.33. The van der Waals surface area contributed by atoms with Gasteiger partial charge in [-0.25, -0.2) is 0 Å². The first-order valence-corrected chi connectivity index (χ1v) is 10.3. The number of aromatic hydroxyl groups is 2. The Morgan fingerprint density at radius 1 is 1.10 bits per heavy atom. The van der Waals surface area contributed by atoms with E-state index in [9.17, 15) is 15.0 Å². The molecule has 0 aliphatic carbocycles. The van der Waals surface area contributed by atoms with E-state index in [0.717, 1.165) is 24.6 Å². The fourth-order valence-electron chi connectivity index (χ4n) is 4.31. The molecule has 150 valence electrons. The van der Waals surface area contributed by atoms with Gasteiger partial charge in [-0.3, -0.25) is 4.79 Å². The Hall–Kier alpha value is -2.89. The van der Waals surface area contributed by atoms with E-state index in [1.807, 2.05) is 12.1 Å². The molecule has 1 aliphatic rings. The molecule has 2 heterocycles. The van der Waals surface area contributed by atoms with Gasteiger partial charge in [-0.2, -0.15) is 0 Å². The van der Waals surface area contributed by atoms with E-state index < -0.39 is 5.75 Å². The van der Waals surface area contributed by atoms with Crippen LogP contribution in [0.15, 0.2) is 45.6 Å². The number of benzene rings is 2. The van der Waals surface area contributed by atoms with Gasteiger partial charge in [-0.15, -0.1) is 0 Å². The van der Waals surface area contributed by atoms with Crippen molar-refractivity contribution in [1.82, 2.24) is 0 Å². The largest absolute Gasteiger partial charge is 0.504 e. The van der Waals surface area contributed by atoms with Crippen LogP contribution in [0.3, 0.4) is 0 Å². The third-order valence-corrected chi connectivity index (χ3v) is 6.05. The van der Waals surface area contributed by atoms with Gasteiger partial charge >= 0.3 is 0 Å². The Morgan fingerprint density at radius 3 is 2.45 bits per heavy atom. The standard InChI is InChI=1S/C23H26BNO4/c1-2-3-14-10-12-25(13-11-14)16-6-4-15(5-7-16)22-19(24)20(27)17-8-9-18(26)21(28)23(17)29-22/h4-9,14,26,28H,2-3,10-13,24H2,1H3. The molecule has 1 aromatic heterocycles. The molecule has 4 rings (SSSR count). The van der Waals surface area contributed by atoms with Crippen molar-refractivity contribution in [2.45, 2.75) is 32.6 Å². The Labute approximate surface area is 171 Å². The second kappa shape index (κ2) is 7.86. The molecule has 6 heteroatoms. The average molecular weight is 391 g/mol. The van der Waals surface area contributed by atoms with Gasteiger partial charge in [0.25, 0.3) is 0 Å². The fourth-order valence-corrected chi connectivity index (χ4v) is 4.31. The zero-order valence-corrected chi connectivity index (χ0v) is 16.9. The minimum atomic E-state index is -0.410. The van der Waals surface area contributed by atoms with Gasteiger partial charge in [-0.05, 0) is 55.2 Å². The first-order chi connectivity index (χ1) is 14.0. The molecule has 1 fully saturated rings. The number of piperidine rings is 1. The molecule has 0 saturated carbocycles. The minimum Gasteiger partial charge on any atom is -0.504 e. The van der Waals surface area contributed by atoms with Crippen LogP contribution in [-0.2, 0) is 0 Å². The summed E-state index contributed by atoms with van der Waals surface area (Å²) in [6, 6.07) is 10.8. The lowest BCUT2D eigenvalue weighted by Gasteiger charge is -2.33. The minimum absolute atomic E-state index is 0.0117. The number of hydrogen-bond acceptors (Lipinski definition) is 5. The van der Waals surface area contributed by atoms with Crippen LogP contribution >= 0.6 is 0 Å². The molecule has 29 heavy (non-hydrogen) atoms. The lowest BCUT2D eigenvalue weighted by atomic mass is 9.90. The summed E-state index contributed by atoms with van der Waals surface area (Å²) >= 11 is 0. The van der Waals surface area contributed by atoms with Crippen LogP contribution < -0.4 is 15.8 Å². The molecule has 0 radical (unpaired) electrons. The second-order valence-electron chi connectivity index (χ2n) is 7.96.